The van der Waals surface area contributed by atoms with E-state index in [9.17, 15) is 4.79 Å². The van der Waals surface area contributed by atoms with Gasteiger partial charge in [0.1, 0.15) is 17.9 Å². The first-order chi connectivity index (χ1) is 17.0. The van der Waals surface area contributed by atoms with Gasteiger partial charge in [-0.05, 0) is 76.9 Å². The Bertz CT molecular complexity index is 1370. The average molecular weight is 558 g/mol. The van der Waals surface area contributed by atoms with Crippen LogP contribution in [0.4, 0.5) is 0 Å². The number of hydrazone groups is 1. The lowest BCUT2D eigenvalue weighted by molar-refractivity contribution is 0.0929. The molecule has 0 fully saturated rings. The quantitative estimate of drug-likeness (QED) is 0.185. The first-order valence-electron chi connectivity index (χ1n) is 10.7. The van der Waals surface area contributed by atoms with Crippen molar-refractivity contribution in [3.8, 4) is 17.2 Å². The molecule has 4 rings (SSSR count). The lowest BCUT2D eigenvalue weighted by atomic mass is 10.2. The molecular weight excluding hydrogens is 536 g/mol. The van der Waals surface area contributed by atoms with Crippen LogP contribution < -0.4 is 19.6 Å². The highest BCUT2D eigenvalue weighted by Gasteiger charge is 2.13. The number of fused-ring (bicyclic) bond motifs is 1. The smallest absolute Gasteiger partial charge is 0.307 e. The fourth-order valence-electron chi connectivity index (χ4n) is 3.27. The Morgan fingerprint density at radius 1 is 1.09 bits per heavy atom. The summed E-state index contributed by atoms with van der Waals surface area (Å²) in [6.07, 6.45) is 1.50. The molecule has 0 aliphatic carbocycles. The molecule has 9 heteroatoms. The van der Waals surface area contributed by atoms with Gasteiger partial charge in [-0.3, -0.25) is 4.79 Å². The van der Waals surface area contributed by atoms with Crippen LogP contribution >= 0.6 is 27.5 Å². The second-order valence-electron chi connectivity index (χ2n) is 7.38. The van der Waals surface area contributed by atoms with Crippen molar-refractivity contribution in [1.29, 1.82) is 0 Å². The molecule has 0 spiro atoms. The molecule has 0 atom stereocenters. The lowest BCUT2D eigenvalue weighted by Gasteiger charge is -2.13. The summed E-state index contributed by atoms with van der Waals surface area (Å²) in [5, 5.41) is 5.49. The maximum Gasteiger partial charge on any atom is 0.307 e. The normalized spacial score (nSPS) is 11.1. The molecule has 1 heterocycles. The summed E-state index contributed by atoms with van der Waals surface area (Å²) in [5.41, 5.74) is 4.73. The molecule has 0 saturated heterocycles. The zero-order valence-corrected chi connectivity index (χ0v) is 21.4. The van der Waals surface area contributed by atoms with Crippen LogP contribution in [0.3, 0.4) is 0 Å². The van der Waals surface area contributed by atoms with Crippen molar-refractivity contribution in [3.63, 3.8) is 0 Å². The monoisotopic (exact) mass is 556 g/mol. The van der Waals surface area contributed by atoms with E-state index < -0.39 is 5.91 Å². The van der Waals surface area contributed by atoms with Gasteiger partial charge in [-0.2, -0.15) is 5.10 Å². The van der Waals surface area contributed by atoms with Crippen LogP contribution in [0.2, 0.25) is 5.02 Å². The standard InChI is InChI=1S/C26H22BrClN2O5/c1-3-33-20-8-9-22-17(10-20)11-25(35-22)26(31)30-29-14-18-12-23(32-2)24(13-21(18)27)34-15-16-4-6-19(28)7-5-16/h4-14H,3,15H2,1-2H3,(H,30,31)/b29-14+. The van der Waals surface area contributed by atoms with Crippen LogP contribution in [0.1, 0.15) is 28.6 Å². The van der Waals surface area contributed by atoms with Gasteiger partial charge >= 0.3 is 5.91 Å². The number of benzene rings is 3. The third-order valence-electron chi connectivity index (χ3n) is 4.98. The van der Waals surface area contributed by atoms with E-state index >= 15 is 0 Å². The Morgan fingerprint density at radius 2 is 1.89 bits per heavy atom. The molecule has 7 nitrogen and oxygen atoms in total. The molecule has 1 N–H and O–H groups in total. The molecule has 0 radical (unpaired) electrons. The maximum atomic E-state index is 12.5. The average Bonchev–Trinajstić information content (AvgIpc) is 3.28. The number of carbonyl (C=O) groups is 1. The molecule has 3 aromatic carbocycles. The first-order valence-corrected chi connectivity index (χ1v) is 11.9. The number of amides is 1. The predicted octanol–water partition coefficient (Wildman–Crippen LogP) is 6.60. The second-order valence-corrected chi connectivity index (χ2v) is 8.67. The highest BCUT2D eigenvalue weighted by Crippen LogP contribution is 2.33. The van der Waals surface area contributed by atoms with Crippen molar-refractivity contribution in [2.45, 2.75) is 13.5 Å². The van der Waals surface area contributed by atoms with Crippen LogP contribution in [0.15, 0.2) is 74.7 Å². The highest BCUT2D eigenvalue weighted by atomic mass is 79.9. The van der Waals surface area contributed by atoms with E-state index in [1.807, 2.05) is 37.3 Å². The Kier molecular flexibility index (Phi) is 7.94. The summed E-state index contributed by atoms with van der Waals surface area (Å²) in [6.45, 7) is 2.82. The molecule has 1 aromatic heterocycles. The van der Waals surface area contributed by atoms with Crippen LogP contribution in [0.5, 0.6) is 17.2 Å². The minimum Gasteiger partial charge on any atom is -0.494 e. The fraction of sp³-hybridized carbons (Fsp3) is 0.154. The number of ether oxygens (including phenoxy) is 3. The number of nitrogens with one attached hydrogen (secondary N) is 1. The number of carbonyl (C=O) groups excluding carboxylic acids is 1. The molecule has 0 aliphatic rings. The van der Waals surface area contributed by atoms with E-state index in [0.717, 1.165) is 15.4 Å². The number of methoxy groups -OCH3 is 1. The SMILES string of the molecule is CCOc1ccc2oc(C(=O)N/N=C/c3cc(OC)c(OCc4ccc(Cl)cc4)cc3Br)cc2c1. The topological polar surface area (TPSA) is 82.3 Å². The molecular formula is C26H22BrClN2O5. The number of hydrogen-bond acceptors (Lipinski definition) is 6. The van der Waals surface area contributed by atoms with Crippen molar-refractivity contribution in [2.75, 3.05) is 13.7 Å². The van der Waals surface area contributed by atoms with E-state index in [4.69, 9.17) is 30.2 Å². The minimum atomic E-state index is -0.471. The maximum absolute atomic E-state index is 12.5. The molecule has 4 aromatic rings. The molecule has 180 valence electrons. The van der Waals surface area contributed by atoms with Gasteiger partial charge < -0.3 is 18.6 Å². The van der Waals surface area contributed by atoms with E-state index in [2.05, 4.69) is 26.5 Å². The first kappa shape index (κ1) is 24.6. The summed E-state index contributed by atoms with van der Waals surface area (Å²) in [6, 6.07) is 18.0. The molecule has 0 aliphatic heterocycles. The van der Waals surface area contributed by atoms with Gasteiger partial charge in [-0.15, -0.1) is 0 Å². The Hall–Kier alpha value is -3.49. The summed E-state index contributed by atoms with van der Waals surface area (Å²) >= 11 is 9.44. The summed E-state index contributed by atoms with van der Waals surface area (Å²) < 4.78 is 23.2. The largest absolute Gasteiger partial charge is 0.494 e. The van der Waals surface area contributed by atoms with E-state index in [1.165, 1.54) is 6.21 Å². The summed E-state index contributed by atoms with van der Waals surface area (Å²) in [5.74, 6) is 1.47. The van der Waals surface area contributed by atoms with Gasteiger partial charge in [0.2, 0.25) is 0 Å². The van der Waals surface area contributed by atoms with Gasteiger partial charge in [0.25, 0.3) is 0 Å². The number of halogens is 2. The van der Waals surface area contributed by atoms with E-state index in [0.29, 0.717) is 46.6 Å². The van der Waals surface area contributed by atoms with Crippen molar-refractivity contribution in [3.05, 3.63) is 87.0 Å². The zero-order chi connectivity index (χ0) is 24.8. The fourth-order valence-corrected chi connectivity index (χ4v) is 3.82. The number of furan rings is 1. The van der Waals surface area contributed by atoms with Crippen LogP contribution in [0, 0.1) is 0 Å². The van der Waals surface area contributed by atoms with Crippen molar-refractivity contribution in [1.82, 2.24) is 5.43 Å². The molecule has 0 unspecified atom stereocenters. The van der Waals surface area contributed by atoms with Gasteiger partial charge in [-0.25, -0.2) is 5.43 Å². The van der Waals surface area contributed by atoms with Crippen LogP contribution in [-0.2, 0) is 6.61 Å². The van der Waals surface area contributed by atoms with Crippen molar-refractivity contribution in [2.24, 2.45) is 5.10 Å². The number of rotatable bonds is 9. The molecule has 1 amide bonds. The Morgan fingerprint density at radius 3 is 2.63 bits per heavy atom. The highest BCUT2D eigenvalue weighted by molar-refractivity contribution is 9.10. The molecule has 0 bridgehead atoms. The van der Waals surface area contributed by atoms with Gasteiger partial charge in [0.15, 0.2) is 17.3 Å². The van der Waals surface area contributed by atoms with Gasteiger partial charge in [0, 0.05) is 20.4 Å². The van der Waals surface area contributed by atoms with Gasteiger partial charge in [0.05, 0.1) is 19.9 Å². The van der Waals surface area contributed by atoms with E-state index in [1.54, 1.807) is 37.4 Å². The summed E-state index contributed by atoms with van der Waals surface area (Å²) in [4.78, 5) is 12.5. The van der Waals surface area contributed by atoms with Crippen molar-refractivity contribution >= 4 is 50.6 Å². The Balaban J connectivity index is 1.43. The summed E-state index contributed by atoms with van der Waals surface area (Å²) in [7, 11) is 1.56. The van der Waals surface area contributed by atoms with Crippen molar-refractivity contribution < 1.29 is 23.4 Å². The van der Waals surface area contributed by atoms with Crippen LogP contribution in [0.25, 0.3) is 11.0 Å². The van der Waals surface area contributed by atoms with Crippen LogP contribution in [-0.4, -0.2) is 25.8 Å². The third kappa shape index (κ3) is 6.15. The molecule has 0 saturated carbocycles. The minimum absolute atomic E-state index is 0.147. The lowest BCUT2D eigenvalue weighted by Crippen LogP contribution is -2.16. The van der Waals surface area contributed by atoms with E-state index in [-0.39, 0.29) is 5.76 Å². The molecule has 35 heavy (non-hydrogen) atoms. The second kappa shape index (κ2) is 11.3. The Labute approximate surface area is 215 Å². The van der Waals surface area contributed by atoms with Gasteiger partial charge in [-0.1, -0.05) is 23.7 Å². The number of hydrogen-bond donors (Lipinski definition) is 1. The zero-order valence-electron chi connectivity index (χ0n) is 19.0. The predicted molar refractivity (Wildman–Crippen MR) is 139 cm³/mol. The number of nitrogens with zero attached hydrogens (tertiary/aromatic N) is 1. The third-order valence-corrected chi connectivity index (χ3v) is 5.92.